The standard InChI is InChI=1S/C11H16N2O3/c1-4-11(3,16-5-2)10-12-6-8(7-13-10)9(14)15/h6-7H,4-5H2,1-3H3,(H,14,15). The lowest BCUT2D eigenvalue weighted by Crippen LogP contribution is -2.28. The van der Waals surface area contributed by atoms with Crippen molar-refractivity contribution in [3.05, 3.63) is 23.8 Å². The van der Waals surface area contributed by atoms with E-state index in [4.69, 9.17) is 9.84 Å². The van der Waals surface area contributed by atoms with Crippen molar-refractivity contribution in [1.29, 1.82) is 0 Å². The topological polar surface area (TPSA) is 72.3 Å². The SMILES string of the molecule is CCOC(C)(CC)c1ncc(C(=O)O)cn1. The molecule has 1 aromatic heterocycles. The summed E-state index contributed by atoms with van der Waals surface area (Å²) in [6, 6.07) is 0. The second-order valence-electron chi connectivity index (χ2n) is 3.62. The molecule has 5 heteroatoms. The molecule has 0 saturated heterocycles. The highest BCUT2D eigenvalue weighted by Crippen LogP contribution is 2.25. The summed E-state index contributed by atoms with van der Waals surface area (Å²) in [7, 11) is 0. The molecule has 1 aromatic rings. The predicted octanol–water partition coefficient (Wildman–Crippen LogP) is 1.84. The molecular formula is C11H16N2O3. The lowest BCUT2D eigenvalue weighted by molar-refractivity contribution is -0.0391. The maximum absolute atomic E-state index is 10.6. The summed E-state index contributed by atoms with van der Waals surface area (Å²) in [4.78, 5) is 18.7. The van der Waals surface area contributed by atoms with E-state index in [9.17, 15) is 4.79 Å². The van der Waals surface area contributed by atoms with Crippen LogP contribution in [0.25, 0.3) is 0 Å². The van der Waals surface area contributed by atoms with Gasteiger partial charge < -0.3 is 9.84 Å². The summed E-state index contributed by atoms with van der Waals surface area (Å²) in [6.07, 6.45) is 3.34. The van der Waals surface area contributed by atoms with Gasteiger partial charge in [-0.1, -0.05) is 6.92 Å². The van der Waals surface area contributed by atoms with E-state index < -0.39 is 11.6 Å². The first-order chi connectivity index (χ1) is 7.53. The van der Waals surface area contributed by atoms with Gasteiger partial charge in [0, 0.05) is 19.0 Å². The molecule has 88 valence electrons. The number of aromatic nitrogens is 2. The van der Waals surface area contributed by atoms with Gasteiger partial charge in [0.15, 0.2) is 5.82 Å². The predicted molar refractivity (Wildman–Crippen MR) is 58.3 cm³/mol. The Morgan fingerprint density at radius 1 is 1.44 bits per heavy atom. The first-order valence-corrected chi connectivity index (χ1v) is 5.23. The second kappa shape index (κ2) is 5.03. The monoisotopic (exact) mass is 224 g/mol. The summed E-state index contributed by atoms with van der Waals surface area (Å²) < 4.78 is 5.59. The third-order valence-electron chi connectivity index (χ3n) is 2.51. The Kier molecular flexibility index (Phi) is 3.95. The van der Waals surface area contributed by atoms with Gasteiger partial charge in [-0.25, -0.2) is 14.8 Å². The zero-order valence-electron chi connectivity index (χ0n) is 9.73. The van der Waals surface area contributed by atoms with Crippen molar-refractivity contribution in [2.75, 3.05) is 6.61 Å². The van der Waals surface area contributed by atoms with Gasteiger partial charge in [-0.15, -0.1) is 0 Å². The largest absolute Gasteiger partial charge is 0.478 e. The lowest BCUT2D eigenvalue weighted by Gasteiger charge is -2.26. The van der Waals surface area contributed by atoms with Crippen LogP contribution in [0.5, 0.6) is 0 Å². The van der Waals surface area contributed by atoms with Crippen LogP contribution in [0.3, 0.4) is 0 Å². The third kappa shape index (κ3) is 2.55. The van der Waals surface area contributed by atoms with Gasteiger partial charge in [-0.05, 0) is 20.3 Å². The first-order valence-electron chi connectivity index (χ1n) is 5.23. The summed E-state index contributed by atoms with van der Waals surface area (Å²) in [5.74, 6) is -0.511. The highest BCUT2D eigenvalue weighted by Gasteiger charge is 2.28. The molecule has 0 aliphatic rings. The van der Waals surface area contributed by atoms with E-state index in [2.05, 4.69) is 9.97 Å². The molecule has 0 aliphatic heterocycles. The Bertz CT molecular complexity index is 364. The van der Waals surface area contributed by atoms with Gasteiger partial charge in [0.2, 0.25) is 0 Å². The minimum Gasteiger partial charge on any atom is -0.478 e. The quantitative estimate of drug-likeness (QED) is 0.826. The van der Waals surface area contributed by atoms with E-state index in [1.807, 2.05) is 20.8 Å². The Morgan fingerprint density at radius 2 is 2.00 bits per heavy atom. The van der Waals surface area contributed by atoms with Crippen LogP contribution in [0.2, 0.25) is 0 Å². The molecule has 1 N–H and O–H groups in total. The number of nitrogens with zero attached hydrogens (tertiary/aromatic N) is 2. The molecule has 0 bridgehead atoms. The molecule has 0 aliphatic carbocycles. The zero-order valence-corrected chi connectivity index (χ0v) is 9.73. The van der Waals surface area contributed by atoms with E-state index in [0.717, 1.165) is 6.42 Å². The maximum atomic E-state index is 10.6. The number of hydrogen-bond donors (Lipinski definition) is 1. The fourth-order valence-corrected chi connectivity index (χ4v) is 1.35. The van der Waals surface area contributed by atoms with Crippen molar-refractivity contribution in [2.24, 2.45) is 0 Å². The van der Waals surface area contributed by atoms with Crippen LogP contribution in [0.4, 0.5) is 0 Å². The maximum Gasteiger partial charge on any atom is 0.338 e. The number of rotatable bonds is 5. The number of hydrogen-bond acceptors (Lipinski definition) is 4. The van der Waals surface area contributed by atoms with E-state index in [1.54, 1.807) is 0 Å². The van der Waals surface area contributed by atoms with Gasteiger partial charge in [0.25, 0.3) is 0 Å². The van der Waals surface area contributed by atoms with E-state index >= 15 is 0 Å². The average molecular weight is 224 g/mol. The normalized spacial score (nSPS) is 14.4. The molecule has 0 amide bonds. The van der Waals surface area contributed by atoms with Crippen LogP contribution in [0.15, 0.2) is 12.4 Å². The molecule has 16 heavy (non-hydrogen) atoms. The molecule has 1 heterocycles. The van der Waals surface area contributed by atoms with Crippen molar-refractivity contribution in [1.82, 2.24) is 9.97 Å². The number of aromatic carboxylic acids is 1. The molecular weight excluding hydrogens is 208 g/mol. The molecule has 0 spiro atoms. The molecule has 1 unspecified atom stereocenters. The summed E-state index contributed by atoms with van der Waals surface area (Å²) in [5.41, 5.74) is -0.468. The second-order valence-corrected chi connectivity index (χ2v) is 3.62. The number of carbonyl (C=O) groups is 1. The Balaban J connectivity index is 2.99. The van der Waals surface area contributed by atoms with Crippen LogP contribution in [-0.4, -0.2) is 27.7 Å². The molecule has 0 fully saturated rings. The highest BCUT2D eigenvalue weighted by molar-refractivity contribution is 5.86. The van der Waals surface area contributed by atoms with Gasteiger partial charge in [-0.2, -0.15) is 0 Å². The number of ether oxygens (including phenoxy) is 1. The highest BCUT2D eigenvalue weighted by atomic mass is 16.5. The molecule has 0 aromatic carbocycles. The molecule has 1 atom stereocenters. The molecule has 0 radical (unpaired) electrons. The van der Waals surface area contributed by atoms with Gasteiger partial charge in [0.05, 0.1) is 5.56 Å². The average Bonchev–Trinajstić information content (AvgIpc) is 2.29. The van der Waals surface area contributed by atoms with E-state index in [0.29, 0.717) is 12.4 Å². The third-order valence-corrected chi connectivity index (χ3v) is 2.51. The van der Waals surface area contributed by atoms with Crippen molar-refractivity contribution in [2.45, 2.75) is 32.8 Å². The molecule has 0 saturated carbocycles. The van der Waals surface area contributed by atoms with Crippen LogP contribution in [-0.2, 0) is 10.3 Å². The van der Waals surface area contributed by atoms with Gasteiger partial charge in [0.1, 0.15) is 5.60 Å². The minimum absolute atomic E-state index is 0.0821. The van der Waals surface area contributed by atoms with Crippen molar-refractivity contribution < 1.29 is 14.6 Å². The van der Waals surface area contributed by atoms with E-state index in [-0.39, 0.29) is 5.56 Å². The fourth-order valence-electron chi connectivity index (χ4n) is 1.35. The van der Waals surface area contributed by atoms with Crippen LogP contribution in [0.1, 0.15) is 43.4 Å². The van der Waals surface area contributed by atoms with Gasteiger partial charge in [-0.3, -0.25) is 0 Å². The number of carboxylic acid groups (broad SMARTS) is 1. The fraction of sp³-hybridized carbons (Fsp3) is 0.545. The summed E-state index contributed by atoms with van der Waals surface area (Å²) in [5, 5.41) is 8.73. The summed E-state index contributed by atoms with van der Waals surface area (Å²) in [6.45, 7) is 6.34. The molecule has 5 nitrogen and oxygen atoms in total. The zero-order chi connectivity index (χ0) is 12.2. The minimum atomic E-state index is -1.03. The van der Waals surface area contributed by atoms with Crippen LogP contribution < -0.4 is 0 Å². The van der Waals surface area contributed by atoms with Gasteiger partial charge >= 0.3 is 5.97 Å². The van der Waals surface area contributed by atoms with E-state index in [1.165, 1.54) is 12.4 Å². The van der Waals surface area contributed by atoms with Crippen molar-refractivity contribution >= 4 is 5.97 Å². The van der Waals surface area contributed by atoms with Crippen molar-refractivity contribution in [3.8, 4) is 0 Å². The smallest absolute Gasteiger partial charge is 0.338 e. The molecule has 1 rings (SSSR count). The van der Waals surface area contributed by atoms with Crippen LogP contribution >= 0.6 is 0 Å². The Hall–Kier alpha value is -1.49. The van der Waals surface area contributed by atoms with Crippen LogP contribution in [0, 0.1) is 0 Å². The van der Waals surface area contributed by atoms with Crippen molar-refractivity contribution in [3.63, 3.8) is 0 Å². The lowest BCUT2D eigenvalue weighted by atomic mass is 10.0. The Morgan fingerprint density at radius 3 is 2.38 bits per heavy atom. The number of carboxylic acids is 1. The Labute approximate surface area is 94.5 Å². The first kappa shape index (κ1) is 12.6. The summed E-state index contributed by atoms with van der Waals surface area (Å²) >= 11 is 0.